The van der Waals surface area contributed by atoms with Crippen molar-refractivity contribution in [3.05, 3.63) is 58.6 Å². The van der Waals surface area contributed by atoms with E-state index < -0.39 is 0 Å². The molecule has 2 aromatic rings. The van der Waals surface area contributed by atoms with E-state index in [0.29, 0.717) is 17.3 Å². The van der Waals surface area contributed by atoms with Crippen molar-refractivity contribution < 1.29 is 4.39 Å². The Morgan fingerprint density at radius 1 is 1.29 bits per heavy atom. The Morgan fingerprint density at radius 2 is 2.06 bits per heavy atom. The molecular formula is C13H12ClFN2. The summed E-state index contributed by atoms with van der Waals surface area (Å²) in [5.41, 5.74) is 2.34. The predicted octanol–water partition coefficient (Wildman–Crippen LogP) is 3.79. The molecule has 0 radical (unpaired) electrons. The number of hydrogen-bond donors (Lipinski definition) is 1. The van der Waals surface area contributed by atoms with Gasteiger partial charge in [-0.2, -0.15) is 0 Å². The topological polar surface area (TPSA) is 24.9 Å². The Labute approximate surface area is 104 Å². The fourth-order valence-electron chi connectivity index (χ4n) is 1.56. The molecule has 88 valence electrons. The lowest BCUT2D eigenvalue weighted by atomic mass is 10.2. The minimum absolute atomic E-state index is 0.224. The van der Waals surface area contributed by atoms with Gasteiger partial charge in [-0.05, 0) is 24.6 Å². The third kappa shape index (κ3) is 2.74. The van der Waals surface area contributed by atoms with Gasteiger partial charge in [0.15, 0.2) is 5.15 Å². The van der Waals surface area contributed by atoms with Crippen molar-refractivity contribution in [3.63, 3.8) is 0 Å². The lowest BCUT2D eigenvalue weighted by molar-refractivity contribution is 0.613. The fourth-order valence-corrected chi connectivity index (χ4v) is 1.84. The summed E-state index contributed by atoms with van der Waals surface area (Å²) in [7, 11) is 0. The highest BCUT2D eigenvalue weighted by Gasteiger charge is 2.06. The molecule has 2 nitrogen and oxygen atoms in total. The molecule has 0 bridgehead atoms. The van der Waals surface area contributed by atoms with Crippen LogP contribution in [0.4, 0.5) is 10.1 Å². The average molecular weight is 251 g/mol. The van der Waals surface area contributed by atoms with Gasteiger partial charge in [0.25, 0.3) is 0 Å². The van der Waals surface area contributed by atoms with Crippen LogP contribution in [-0.4, -0.2) is 4.98 Å². The van der Waals surface area contributed by atoms with Crippen molar-refractivity contribution in [2.75, 3.05) is 5.32 Å². The van der Waals surface area contributed by atoms with Crippen LogP contribution in [0.2, 0.25) is 5.15 Å². The van der Waals surface area contributed by atoms with E-state index in [-0.39, 0.29) is 5.82 Å². The van der Waals surface area contributed by atoms with Crippen LogP contribution in [0.25, 0.3) is 0 Å². The van der Waals surface area contributed by atoms with E-state index in [1.807, 2.05) is 13.0 Å². The number of hydrogen-bond acceptors (Lipinski definition) is 2. The maximum atomic E-state index is 13.4. The Balaban J connectivity index is 2.16. The van der Waals surface area contributed by atoms with Crippen molar-refractivity contribution >= 4 is 17.3 Å². The number of aryl methyl sites for hydroxylation is 1. The monoisotopic (exact) mass is 250 g/mol. The van der Waals surface area contributed by atoms with Crippen LogP contribution in [0.3, 0.4) is 0 Å². The van der Waals surface area contributed by atoms with Crippen molar-refractivity contribution in [2.24, 2.45) is 0 Å². The van der Waals surface area contributed by atoms with Crippen molar-refractivity contribution in [3.8, 4) is 0 Å². The van der Waals surface area contributed by atoms with Gasteiger partial charge < -0.3 is 5.32 Å². The summed E-state index contributed by atoms with van der Waals surface area (Å²) in [5.74, 6) is -0.224. The van der Waals surface area contributed by atoms with E-state index in [1.54, 1.807) is 24.4 Å². The van der Waals surface area contributed by atoms with E-state index >= 15 is 0 Å². The van der Waals surface area contributed by atoms with Gasteiger partial charge in [-0.25, -0.2) is 9.37 Å². The fraction of sp³-hybridized carbons (Fsp3) is 0.154. The van der Waals surface area contributed by atoms with E-state index in [1.165, 1.54) is 6.07 Å². The first-order chi connectivity index (χ1) is 8.18. The molecule has 1 N–H and O–H groups in total. The summed E-state index contributed by atoms with van der Waals surface area (Å²) >= 11 is 5.97. The molecule has 0 amide bonds. The molecule has 2 rings (SSSR count). The van der Waals surface area contributed by atoms with E-state index in [4.69, 9.17) is 11.6 Å². The van der Waals surface area contributed by atoms with Crippen molar-refractivity contribution in [1.82, 2.24) is 4.98 Å². The number of aromatic nitrogens is 1. The molecule has 17 heavy (non-hydrogen) atoms. The molecule has 1 heterocycles. The number of halogens is 2. The molecule has 0 atom stereocenters. The lowest BCUT2D eigenvalue weighted by Crippen LogP contribution is -2.04. The standard InChI is InChI=1S/C13H12ClFN2/c1-9-6-7-16-13(14)12(9)17-8-10-4-2-3-5-11(10)15/h2-7,17H,8H2,1H3. The molecule has 4 heteroatoms. The van der Waals surface area contributed by atoms with Gasteiger partial charge in [0, 0.05) is 18.3 Å². The molecular weight excluding hydrogens is 239 g/mol. The number of benzene rings is 1. The van der Waals surface area contributed by atoms with Crippen LogP contribution < -0.4 is 5.32 Å². The second-order valence-electron chi connectivity index (χ2n) is 3.74. The van der Waals surface area contributed by atoms with Crippen molar-refractivity contribution in [2.45, 2.75) is 13.5 Å². The first kappa shape index (κ1) is 11.9. The maximum absolute atomic E-state index is 13.4. The van der Waals surface area contributed by atoms with Crippen LogP contribution >= 0.6 is 11.6 Å². The van der Waals surface area contributed by atoms with Crippen LogP contribution in [0.1, 0.15) is 11.1 Å². The van der Waals surface area contributed by atoms with Crippen LogP contribution in [0.15, 0.2) is 36.5 Å². The Morgan fingerprint density at radius 3 is 2.76 bits per heavy atom. The second kappa shape index (κ2) is 5.15. The average Bonchev–Trinajstić information content (AvgIpc) is 2.30. The minimum Gasteiger partial charge on any atom is -0.378 e. The van der Waals surface area contributed by atoms with Gasteiger partial charge >= 0.3 is 0 Å². The molecule has 0 aliphatic rings. The van der Waals surface area contributed by atoms with Crippen molar-refractivity contribution in [1.29, 1.82) is 0 Å². The highest BCUT2D eigenvalue weighted by molar-refractivity contribution is 6.32. The summed E-state index contributed by atoms with van der Waals surface area (Å²) < 4.78 is 13.4. The number of nitrogens with zero attached hydrogens (tertiary/aromatic N) is 1. The quantitative estimate of drug-likeness (QED) is 0.839. The number of rotatable bonds is 3. The van der Waals surface area contributed by atoms with Gasteiger partial charge in [0.2, 0.25) is 0 Å². The smallest absolute Gasteiger partial charge is 0.152 e. The normalized spacial score (nSPS) is 10.3. The third-order valence-electron chi connectivity index (χ3n) is 2.53. The SMILES string of the molecule is Cc1ccnc(Cl)c1NCc1ccccc1F. The van der Waals surface area contributed by atoms with Crippen LogP contribution in [0, 0.1) is 12.7 Å². The predicted molar refractivity (Wildman–Crippen MR) is 67.7 cm³/mol. The Kier molecular flexibility index (Phi) is 3.59. The molecule has 0 aliphatic carbocycles. The molecule has 1 aromatic heterocycles. The molecule has 0 saturated heterocycles. The summed E-state index contributed by atoms with van der Waals surface area (Å²) in [5, 5.41) is 3.51. The first-order valence-electron chi connectivity index (χ1n) is 5.27. The molecule has 0 fully saturated rings. The zero-order valence-corrected chi connectivity index (χ0v) is 10.1. The molecule has 0 saturated carbocycles. The van der Waals surface area contributed by atoms with Gasteiger partial charge in [-0.15, -0.1) is 0 Å². The van der Waals surface area contributed by atoms with Gasteiger partial charge in [0.1, 0.15) is 5.82 Å². The Bertz CT molecular complexity index is 508. The van der Waals surface area contributed by atoms with Gasteiger partial charge in [-0.1, -0.05) is 29.8 Å². The number of anilines is 1. The molecule has 1 aromatic carbocycles. The highest BCUT2D eigenvalue weighted by atomic mass is 35.5. The van der Waals surface area contributed by atoms with Gasteiger partial charge in [0.05, 0.1) is 5.69 Å². The second-order valence-corrected chi connectivity index (χ2v) is 4.10. The number of nitrogens with one attached hydrogen (secondary N) is 1. The van der Waals surface area contributed by atoms with E-state index in [2.05, 4.69) is 10.3 Å². The van der Waals surface area contributed by atoms with Gasteiger partial charge in [-0.3, -0.25) is 0 Å². The van der Waals surface area contributed by atoms with E-state index in [0.717, 1.165) is 11.3 Å². The summed E-state index contributed by atoms with van der Waals surface area (Å²) in [6.45, 7) is 2.32. The third-order valence-corrected chi connectivity index (χ3v) is 2.81. The molecule has 0 spiro atoms. The molecule has 0 aliphatic heterocycles. The number of pyridine rings is 1. The maximum Gasteiger partial charge on any atom is 0.152 e. The zero-order chi connectivity index (χ0) is 12.3. The van der Waals surface area contributed by atoms with Crippen LogP contribution in [-0.2, 0) is 6.54 Å². The summed E-state index contributed by atoms with van der Waals surface area (Å²) in [4.78, 5) is 3.98. The summed E-state index contributed by atoms with van der Waals surface area (Å²) in [6, 6.07) is 8.51. The lowest BCUT2D eigenvalue weighted by Gasteiger charge is -2.11. The first-order valence-corrected chi connectivity index (χ1v) is 5.64. The van der Waals surface area contributed by atoms with Crippen LogP contribution in [0.5, 0.6) is 0 Å². The summed E-state index contributed by atoms with van der Waals surface area (Å²) in [6.07, 6.45) is 1.64. The van der Waals surface area contributed by atoms with E-state index in [9.17, 15) is 4.39 Å². The minimum atomic E-state index is -0.224. The zero-order valence-electron chi connectivity index (χ0n) is 9.37. The molecule has 0 unspecified atom stereocenters. The Hall–Kier alpha value is -1.61. The highest BCUT2D eigenvalue weighted by Crippen LogP contribution is 2.23. The largest absolute Gasteiger partial charge is 0.378 e.